The Morgan fingerprint density at radius 1 is 1.09 bits per heavy atom. The van der Waals surface area contributed by atoms with Gasteiger partial charge in [0, 0.05) is 17.2 Å². The van der Waals surface area contributed by atoms with Crippen molar-refractivity contribution in [2.24, 2.45) is 0 Å². The van der Waals surface area contributed by atoms with E-state index in [1.54, 1.807) is 42.5 Å². The van der Waals surface area contributed by atoms with Crippen LogP contribution in [-0.2, 0) is 28.2 Å². The lowest BCUT2D eigenvalue weighted by molar-refractivity contribution is -0.299. The average molecular weight is 521 g/mol. The van der Waals surface area contributed by atoms with Crippen molar-refractivity contribution in [2.75, 3.05) is 11.4 Å². The van der Waals surface area contributed by atoms with Gasteiger partial charge in [-0.25, -0.2) is 4.98 Å². The summed E-state index contributed by atoms with van der Waals surface area (Å²) in [6, 6.07) is 17.0. The molecular formula is C24H20BrF3N2O3. The first-order valence-corrected chi connectivity index (χ1v) is 11.0. The maximum Gasteiger partial charge on any atom is 0.424 e. The maximum absolute atomic E-state index is 14.5. The third-order valence-corrected chi connectivity index (χ3v) is 6.10. The minimum atomic E-state index is -5.20. The molecule has 2 aromatic carbocycles. The van der Waals surface area contributed by atoms with Gasteiger partial charge < -0.3 is 9.84 Å². The smallest absolute Gasteiger partial charge is 0.374 e. The number of anilines is 1. The molecule has 1 amide bonds. The lowest BCUT2D eigenvalue weighted by atomic mass is 9.86. The van der Waals surface area contributed by atoms with Crippen molar-refractivity contribution in [3.63, 3.8) is 0 Å². The Bertz CT molecular complexity index is 1130. The summed E-state index contributed by atoms with van der Waals surface area (Å²) >= 11 is 3.18. The molecular weight excluding hydrogens is 501 g/mol. The molecule has 0 radical (unpaired) electrons. The highest BCUT2D eigenvalue weighted by atomic mass is 79.9. The molecule has 4 rings (SSSR count). The summed E-state index contributed by atoms with van der Waals surface area (Å²) in [6.45, 7) is -0.153. The third kappa shape index (κ3) is 4.53. The molecule has 1 aliphatic heterocycles. The number of alkyl halides is 3. The van der Waals surface area contributed by atoms with E-state index in [9.17, 15) is 23.1 Å². The summed E-state index contributed by atoms with van der Waals surface area (Å²) in [4.78, 5) is 18.9. The van der Waals surface area contributed by atoms with Crippen LogP contribution in [0.2, 0.25) is 0 Å². The zero-order valence-electron chi connectivity index (χ0n) is 17.3. The number of halogens is 4. The summed E-state index contributed by atoms with van der Waals surface area (Å²) in [5.74, 6) is -0.734. The molecule has 0 spiro atoms. The second kappa shape index (κ2) is 9.24. The number of fused-ring (bicyclic) bond motifs is 1. The Morgan fingerprint density at radius 2 is 1.79 bits per heavy atom. The monoisotopic (exact) mass is 520 g/mol. The number of aliphatic hydroxyl groups is 1. The lowest BCUT2D eigenvalue weighted by Gasteiger charge is -2.38. The van der Waals surface area contributed by atoms with E-state index in [-0.39, 0.29) is 19.0 Å². The second-order valence-electron chi connectivity index (χ2n) is 7.67. The first-order valence-electron chi connectivity index (χ1n) is 10.2. The van der Waals surface area contributed by atoms with Crippen molar-refractivity contribution in [3.8, 4) is 0 Å². The van der Waals surface area contributed by atoms with Gasteiger partial charge in [0.05, 0.1) is 6.61 Å². The van der Waals surface area contributed by atoms with Crippen LogP contribution in [-0.4, -0.2) is 34.8 Å². The van der Waals surface area contributed by atoms with Crippen molar-refractivity contribution in [3.05, 3.63) is 94.1 Å². The molecule has 1 N–H and O–H groups in total. The van der Waals surface area contributed by atoms with E-state index in [1.165, 1.54) is 18.3 Å². The molecule has 1 aliphatic rings. The Morgan fingerprint density at radius 3 is 2.45 bits per heavy atom. The number of pyridine rings is 1. The molecule has 0 saturated carbocycles. The highest BCUT2D eigenvalue weighted by Gasteiger charge is 2.63. The van der Waals surface area contributed by atoms with Crippen molar-refractivity contribution >= 4 is 27.7 Å². The topological polar surface area (TPSA) is 62.7 Å². The molecule has 0 unspecified atom stereocenters. The predicted molar refractivity (Wildman–Crippen MR) is 119 cm³/mol. The fourth-order valence-electron chi connectivity index (χ4n) is 3.85. The Labute approximate surface area is 197 Å². The normalized spacial score (nSPS) is 16.2. The molecule has 2 atom stereocenters. The van der Waals surface area contributed by atoms with Gasteiger partial charge in [-0.2, -0.15) is 13.2 Å². The van der Waals surface area contributed by atoms with Crippen LogP contribution < -0.4 is 4.90 Å². The number of carbonyl (C=O) groups is 1. The number of amides is 1. The summed E-state index contributed by atoms with van der Waals surface area (Å²) in [5, 5.41) is 11.2. The number of hydrogen-bond acceptors (Lipinski definition) is 4. The van der Waals surface area contributed by atoms with E-state index in [2.05, 4.69) is 20.9 Å². The largest absolute Gasteiger partial charge is 0.424 e. The van der Waals surface area contributed by atoms with E-state index >= 15 is 0 Å². The molecule has 0 saturated heterocycles. The van der Waals surface area contributed by atoms with Crippen LogP contribution >= 0.6 is 15.9 Å². The summed E-state index contributed by atoms with van der Waals surface area (Å²) in [7, 11) is 0. The van der Waals surface area contributed by atoms with Gasteiger partial charge in [-0.3, -0.25) is 9.69 Å². The van der Waals surface area contributed by atoms with Crippen molar-refractivity contribution < 1.29 is 27.8 Å². The zero-order valence-corrected chi connectivity index (χ0v) is 18.9. The molecule has 0 bridgehead atoms. The number of benzene rings is 2. The summed E-state index contributed by atoms with van der Waals surface area (Å²) in [5.41, 5.74) is -2.77. The van der Waals surface area contributed by atoms with E-state index in [0.29, 0.717) is 16.5 Å². The number of ether oxygens (including phenoxy) is 1. The number of hydrogen-bond donors (Lipinski definition) is 1. The Balaban J connectivity index is 1.78. The van der Waals surface area contributed by atoms with Crippen LogP contribution in [0.15, 0.2) is 77.4 Å². The first kappa shape index (κ1) is 23.4. The van der Waals surface area contributed by atoms with Crippen molar-refractivity contribution in [2.45, 2.75) is 30.9 Å². The van der Waals surface area contributed by atoms with Crippen LogP contribution in [0.3, 0.4) is 0 Å². The standard InChI is InChI=1S/C24H20BrF3N2O3/c25-19-10-8-18(9-11-19)23(32,24(26,27)28)20(33-15-16-5-2-1-3-6-16)22(31)30-14-12-17-7-4-13-29-21(17)30/h1-11,13,20,32H,12,14-15H2/t20-,23+/m0/s1. The van der Waals surface area contributed by atoms with Crippen LogP contribution in [0.1, 0.15) is 16.7 Å². The molecule has 172 valence electrons. The van der Waals surface area contributed by atoms with Crippen LogP contribution in [0.5, 0.6) is 0 Å². The number of carbonyl (C=O) groups excluding carboxylic acids is 1. The van der Waals surface area contributed by atoms with Gasteiger partial charge in [-0.15, -0.1) is 0 Å². The number of nitrogens with zero attached hydrogens (tertiary/aromatic N) is 2. The maximum atomic E-state index is 14.5. The van der Waals surface area contributed by atoms with Crippen LogP contribution in [0.4, 0.5) is 19.0 Å². The minimum absolute atomic E-state index is 0.144. The van der Waals surface area contributed by atoms with Crippen LogP contribution in [0.25, 0.3) is 0 Å². The van der Waals surface area contributed by atoms with Gasteiger partial charge in [0.1, 0.15) is 5.82 Å². The summed E-state index contributed by atoms with van der Waals surface area (Å²) < 4.78 is 49.6. The van der Waals surface area contributed by atoms with E-state index in [4.69, 9.17) is 4.74 Å². The van der Waals surface area contributed by atoms with E-state index in [1.807, 2.05) is 0 Å². The number of aromatic nitrogens is 1. The SMILES string of the molecule is O=C([C@H](OCc1ccccc1)[C@](O)(c1ccc(Br)cc1)C(F)(F)F)N1CCc2cccnc21. The van der Waals surface area contributed by atoms with Gasteiger partial charge in [-0.1, -0.05) is 64.5 Å². The highest BCUT2D eigenvalue weighted by molar-refractivity contribution is 9.10. The fraction of sp³-hybridized carbons (Fsp3) is 0.250. The Kier molecular flexibility index (Phi) is 6.56. The fourth-order valence-corrected chi connectivity index (χ4v) is 4.12. The lowest BCUT2D eigenvalue weighted by Crippen LogP contribution is -2.59. The third-order valence-electron chi connectivity index (χ3n) is 5.57. The predicted octanol–water partition coefficient (Wildman–Crippen LogP) is 4.77. The molecule has 5 nitrogen and oxygen atoms in total. The van der Waals surface area contributed by atoms with E-state index < -0.39 is 29.4 Å². The zero-order chi connectivity index (χ0) is 23.6. The highest BCUT2D eigenvalue weighted by Crippen LogP contribution is 2.44. The van der Waals surface area contributed by atoms with Crippen molar-refractivity contribution in [1.29, 1.82) is 0 Å². The van der Waals surface area contributed by atoms with Gasteiger partial charge in [0.15, 0.2) is 6.10 Å². The van der Waals surface area contributed by atoms with Gasteiger partial charge in [0.2, 0.25) is 5.60 Å². The second-order valence-corrected chi connectivity index (χ2v) is 8.59. The number of rotatable bonds is 6. The van der Waals surface area contributed by atoms with Crippen molar-refractivity contribution in [1.82, 2.24) is 4.98 Å². The quantitative estimate of drug-likeness (QED) is 0.508. The Hall–Kier alpha value is -2.75. The molecule has 0 aliphatic carbocycles. The molecule has 1 aromatic heterocycles. The first-order chi connectivity index (χ1) is 15.7. The minimum Gasteiger partial charge on any atom is -0.374 e. The molecule has 33 heavy (non-hydrogen) atoms. The average Bonchev–Trinajstić information content (AvgIpc) is 3.23. The van der Waals surface area contributed by atoms with E-state index in [0.717, 1.165) is 22.6 Å². The molecule has 3 aromatic rings. The molecule has 9 heteroatoms. The molecule has 0 fully saturated rings. The van der Waals surface area contributed by atoms with Gasteiger partial charge >= 0.3 is 6.18 Å². The molecule has 2 heterocycles. The van der Waals surface area contributed by atoms with Crippen LogP contribution in [0, 0.1) is 0 Å². The van der Waals surface area contributed by atoms with Gasteiger partial charge in [-0.05, 0) is 41.3 Å². The summed E-state index contributed by atoms with van der Waals surface area (Å²) in [6.07, 6.45) is -5.55. The van der Waals surface area contributed by atoms with Gasteiger partial charge in [0.25, 0.3) is 5.91 Å².